The molecule has 0 bridgehead atoms. The lowest BCUT2D eigenvalue weighted by Gasteiger charge is -1.98. The zero-order chi connectivity index (χ0) is 8.43. The molecule has 3 N–H and O–H groups in total. The zero-order valence-electron chi connectivity index (χ0n) is 6.03. The summed E-state index contributed by atoms with van der Waals surface area (Å²) in [4.78, 5) is 14.1. The normalized spacial score (nSPS) is 9.45. The summed E-state index contributed by atoms with van der Waals surface area (Å²) in [6.45, 7) is 0. The predicted molar refractivity (Wildman–Crippen MR) is 43.8 cm³/mol. The maximum Gasteiger partial charge on any atom is 0.337 e. The molecule has 0 aromatic carbocycles. The molecular weight excluding hydrogens is 143 g/mol. The van der Waals surface area contributed by atoms with Gasteiger partial charge in [0.1, 0.15) is 13.7 Å². The van der Waals surface area contributed by atoms with Crippen LogP contribution in [-0.4, -0.2) is 23.9 Å². The Kier molecular flexibility index (Phi) is 1.80. The molecule has 0 radical (unpaired) electrons. The van der Waals surface area contributed by atoms with Crippen LogP contribution in [0.4, 0.5) is 5.82 Å². The van der Waals surface area contributed by atoms with E-state index in [2.05, 4.69) is 4.98 Å². The highest BCUT2D eigenvalue weighted by Crippen LogP contribution is 1.96. The van der Waals surface area contributed by atoms with Crippen molar-refractivity contribution in [1.82, 2.24) is 4.98 Å². The first-order chi connectivity index (χ1) is 5.11. The van der Waals surface area contributed by atoms with Crippen molar-refractivity contribution in [1.29, 1.82) is 0 Å². The molecule has 1 aromatic heterocycles. The van der Waals surface area contributed by atoms with E-state index in [9.17, 15) is 4.79 Å². The molecule has 0 unspecified atom stereocenters. The van der Waals surface area contributed by atoms with Gasteiger partial charge in [0.05, 0.1) is 5.56 Å². The number of carboxylic acid groups (broad SMARTS) is 1. The molecule has 0 aliphatic carbocycles. The van der Waals surface area contributed by atoms with E-state index in [1.54, 1.807) is 7.85 Å². The Bertz CT molecular complexity index is 301. The van der Waals surface area contributed by atoms with Gasteiger partial charge < -0.3 is 10.8 Å². The molecule has 0 saturated heterocycles. The van der Waals surface area contributed by atoms with Gasteiger partial charge in [0.2, 0.25) is 0 Å². The van der Waals surface area contributed by atoms with Crippen LogP contribution in [0.25, 0.3) is 0 Å². The lowest BCUT2D eigenvalue weighted by molar-refractivity contribution is 0.0696. The highest BCUT2D eigenvalue weighted by atomic mass is 16.4. The van der Waals surface area contributed by atoms with Gasteiger partial charge in [0.15, 0.2) is 0 Å². The van der Waals surface area contributed by atoms with Gasteiger partial charge in [-0.15, -0.1) is 0 Å². The topological polar surface area (TPSA) is 76.2 Å². The number of nitrogens with two attached hydrogens (primary N) is 1. The van der Waals surface area contributed by atoms with Crippen LogP contribution >= 0.6 is 0 Å². The van der Waals surface area contributed by atoms with E-state index in [1.807, 2.05) is 0 Å². The number of rotatable bonds is 1. The molecule has 1 aromatic rings. The quantitative estimate of drug-likeness (QED) is 0.483. The summed E-state index contributed by atoms with van der Waals surface area (Å²) in [5.41, 5.74) is 6.23. The predicted octanol–water partition coefficient (Wildman–Crippen LogP) is -1.38. The van der Waals surface area contributed by atoms with Crippen molar-refractivity contribution >= 4 is 25.1 Å². The van der Waals surface area contributed by atoms with Gasteiger partial charge >= 0.3 is 5.97 Å². The number of aromatic carboxylic acids is 1. The van der Waals surface area contributed by atoms with Gasteiger partial charge in [-0.25, -0.2) is 9.78 Å². The van der Waals surface area contributed by atoms with Crippen molar-refractivity contribution in [3.63, 3.8) is 0 Å². The van der Waals surface area contributed by atoms with Crippen LogP contribution in [0.2, 0.25) is 0 Å². The Morgan fingerprint density at radius 3 is 2.82 bits per heavy atom. The molecule has 0 fully saturated rings. The molecule has 0 amide bonds. The second-order valence-corrected chi connectivity index (χ2v) is 2.23. The lowest BCUT2D eigenvalue weighted by atomic mass is 9.96. The van der Waals surface area contributed by atoms with Crippen molar-refractivity contribution in [2.24, 2.45) is 0 Å². The smallest absolute Gasteiger partial charge is 0.337 e. The minimum absolute atomic E-state index is 0.164. The van der Waals surface area contributed by atoms with Gasteiger partial charge in [-0.05, 0) is 11.5 Å². The lowest BCUT2D eigenvalue weighted by Crippen LogP contribution is -2.14. The number of pyridine rings is 1. The summed E-state index contributed by atoms with van der Waals surface area (Å²) in [7, 11) is 1.72. The van der Waals surface area contributed by atoms with Gasteiger partial charge in [0, 0.05) is 6.20 Å². The fourth-order valence-corrected chi connectivity index (χ4v) is 0.702. The molecule has 1 heterocycles. The third kappa shape index (κ3) is 1.49. The summed E-state index contributed by atoms with van der Waals surface area (Å²) in [6.07, 6.45) is 1.24. The molecule has 0 saturated carbocycles. The maximum atomic E-state index is 10.4. The first-order valence-corrected chi connectivity index (χ1v) is 3.06. The van der Waals surface area contributed by atoms with Crippen LogP contribution in [0.15, 0.2) is 12.3 Å². The second kappa shape index (κ2) is 2.61. The number of hydrogen-bond donors (Lipinski definition) is 2. The van der Waals surface area contributed by atoms with E-state index in [4.69, 9.17) is 10.8 Å². The van der Waals surface area contributed by atoms with Crippen molar-refractivity contribution in [3.05, 3.63) is 17.8 Å². The van der Waals surface area contributed by atoms with Crippen LogP contribution in [-0.2, 0) is 0 Å². The molecule has 4 nitrogen and oxygen atoms in total. The van der Waals surface area contributed by atoms with Crippen LogP contribution in [0.3, 0.4) is 0 Å². The first kappa shape index (κ1) is 7.59. The summed E-state index contributed by atoms with van der Waals surface area (Å²) in [6, 6.07) is 1.49. The van der Waals surface area contributed by atoms with Gasteiger partial charge in [-0.2, -0.15) is 0 Å². The second-order valence-electron chi connectivity index (χ2n) is 2.23. The number of nitrogen functional groups attached to an aromatic ring is 1. The van der Waals surface area contributed by atoms with Gasteiger partial charge in [-0.3, -0.25) is 0 Å². The molecule has 0 spiro atoms. The monoisotopic (exact) mass is 150 g/mol. The Morgan fingerprint density at radius 1 is 1.73 bits per heavy atom. The highest BCUT2D eigenvalue weighted by Gasteiger charge is 2.03. The first-order valence-electron chi connectivity index (χ1n) is 3.06. The summed E-state index contributed by atoms with van der Waals surface area (Å²) >= 11 is 0. The van der Waals surface area contributed by atoms with Crippen LogP contribution in [0, 0.1) is 0 Å². The number of nitrogens with zero attached hydrogens (tertiary/aromatic N) is 1. The molecule has 56 valence electrons. The van der Waals surface area contributed by atoms with E-state index in [0.717, 1.165) is 0 Å². The molecule has 0 aliphatic heterocycles. The standard InChI is InChI=1S/C6H7BN2O2/c7-4-1-3(6(10)11)2-9-5(4)8/h1-2H,7H2,(H2,8,9)(H,10,11). The Labute approximate surface area is 64.5 Å². The van der Waals surface area contributed by atoms with Crippen LogP contribution in [0.5, 0.6) is 0 Å². The largest absolute Gasteiger partial charge is 0.478 e. The summed E-state index contributed by atoms with van der Waals surface area (Å²) in [5, 5.41) is 8.52. The van der Waals surface area contributed by atoms with Crippen molar-refractivity contribution < 1.29 is 9.90 Å². The maximum absolute atomic E-state index is 10.4. The number of carbonyl (C=O) groups is 1. The zero-order valence-corrected chi connectivity index (χ0v) is 6.03. The average Bonchev–Trinajstić information content (AvgIpc) is 1.94. The molecular formula is C6H7BN2O2. The Morgan fingerprint density at radius 2 is 2.36 bits per heavy atom. The Balaban J connectivity index is 3.15. The minimum Gasteiger partial charge on any atom is -0.478 e. The van der Waals surface area contributed by atoms with E-state index < -0.39 is 5.97 Å². The third-order valence-electron chi connectivity index (χ3n) is 1.37. The number of aromatic nitrogens is 1. The molecule has 11 heavy (non-hydrogen) atoms. The third-order valence-corrected chi connectivity index (χ3v) is 1.37. The molecule has 0 atom stereocenters. The molecule has 1 rings (SSSR count). The average molecular weight is 150 g/mol. The van der Waals surface area contributed by atoms with E-state index in [1.165, 1.54) is 12.3 Å². The Hall–Kier alpha value is -1.52. The number of carboxylic acids is 1. The fourth-order valence-electron chi connectivity index (χ4n) is 0.702. The van der Waals surface area contributed by atoms with Gasteiger partial charge in [0.25, 0.3) is 0 Å². The van der Waals surface area contributed by atoms with Crippen LogP contribution < -0.4 is 11.2 Å². The summed E-state index contributed by atoms with van der Waals surface area (Å²) < 4.78 is 0. The van der Waals surface area contributed by atoms with Crippen LogP contribution in [0.1, 0.15) is 10.4 Å². The van der Waals surface area contributed by atoms with E-state index >= 15 is 0 Å². The fraction of sp³-hybridized carbons (Fsp3) is 0. The minimum atomic E-state index is -0.986. The van der Waals surface area contributed by atoms with Crippen molar-refractivity contribution in [2.75, 3.05) is 5.73 Å². The van der Waals surface area contributed by atoms with Crippen molar-refractivity contribution in [3.8, 4) is 0 Å². The van der Waals surface area contributed by atoms with E-state index in [0.29, 0.717) is 11.3 Å². The van der Waals surface area contributed by atoms with Gasteiger partial charge in [-0.1, -0.05) is 0 Å². The molecule has 0 aliphatic rings. The molecule has 5 heteroatoms. The number of anilines is 1. The van der Waals surface area contributed by atoms with E-state index in [-0.39, 0.29) is 5.56 Å². The summed E-state index contributed by atoms with van der Waals surface area (Å²) in [5.74, 6) is -0.615. The van der Waals surface area contributed by atoms with Crippen molar-refractivity contribution in [2.45, 2.75) is 0 Å². The SMILES string of the molecule is Bc1cc(C(=O)O)cnc1N. The number of hydrogen-bond acceptors (Lipinski definition) is 3. The highest BCUT2D eigenvalue weighted by molar-refractivity contribution is 6.35.